The van der Waals surface area contributed by atoms with Gasteiger partial charge in [-0.3, -0.25) is 0 Å². The molecule has 2 rings (SSSR count). The Morgan fingerprint density at radius 1 is 1.26 bits per heavy atom. The second-order valence-electron chi connectivity index (χ2n) is 4.61. The third kappa shape index (κ3) is 2.98. The van der Waals surface area contributed by atoms with E-state index in [4.69, 9.17) is 0 Å². The maximum Gasteiger partial charge on any atom is 0.173 e. The summed E-state index contributed by atoms with van der Waals surface area (Å²) in [5.74, 6) is 0.856. The van der Waals surface area contributed by atoms with Crippen molar-refractivity contribution in [2.45, 2.75) is 39.7 Å². The van der Waals surface area contributed by atoms with Gasteiger partial charge in [-0.2, -0.15) is 4.68 Å². The van der Waals surface area contributed by atoms with Crippen LogP contribution in [-0.2, 0) is 6.42 Å². The maximum absolute atomic E-state index is 4.16. The van der Waals surface area contributed by atoms with Gasteiger partial charge in [-0.25, -0.2) is 0 Å². The molecule has 0 aliphatic rings. The Morgan fingerprint density at radius 2 is 2.05 bits per heavy atom. The van der Waals surface area contributed by atoms with E-state index >= 15 is 0 Å². The van der Waals surface area contributed by atoms with Gasteiger partial charge in [-0.15, -0.1) is 5.10 Å². The zero-order chi connectivity index (χ0) is 13.7. The van der Waals surface area contributed by atoms with Crippen molar-refractivity contribution in [2.24, 2.45) is 0 Å². The van der Waals surface area contributed by atoms with Gasteiger partial charge >= 0.3 is 0 Å². The van der Waals surface area contributed by atoms with Gasteiger partial charge in [0, 0.05) is 0 Å². The summed E-state index contributed by atoms with van der Waals surface area (Å²) in [5, 5.41) is 15.5. The lowest BCUT2D eigenvalue weighted by atomic mass is 10.1. The molecular weight excluding hydrogens is 238 g/mol. The first kappa shape index (κ1) is 13.7. The number of nitrogens with one attached hydrogen (secondary N) is 1. The van der Waals surface area contributed by atoms with E-state index in [2.05, 4.69) is 53.7 Å². The molecule has 19 heavy (non-hydrogen) atoms. The SMILES string of the molecule is CCCNC(C)c1nnnn1-c1ccccc1CC. The summed E-state index contributed by atoms with van der Waals surface area (Å²) in [6.45, 7) is 7.34. The van der Waals surface area contributed by atoms with Crippen molar-refractivity contribution in [3.05, 3.63) is 35.7 Å². The molecule has 0 fully saturated rings. The predicted octanol–water partition coefficient (Wildman–Crippen LogP) is 2.29. The first-order chi connectivity index (χ1) is 9.27. The Morgan fingerprint density at radius 3 is 2.79 bits per heavy atom. The maximum atomic E-state index is 4.16. The molecule has 0 bridgehead atoms. The van der Waals surface area contributed by atoms with Crippen LogP contribution in [0.4, 0.5) is 0 Å². The highest BCUT2D eigenvalue weighted by atomic mass is 15.5. The van der Waals surface area contributed by atoms with Crippen molar-refractivity contribution in [2.75, 3.05) is 6.54 Å². The molecule has 5 heteroatoms. The average Bonchev–Trinajstić information content (AvgIpc) is 2.94. The van der Waals surface area contributed by atoms with E-state index in [-0.39, 0.29) is 6.04 Å². The minimum atomic E-state index is 0.139. The quantitative estimate of drug-likeness (QED) is 0.864. The smallest absolute Gasteiger partial charge is 0.173 e. The number of aromatic nitrogens is 4. The fraction of sp³-hybridized carbons (Fsp3) is 0.500. The van der Waals surface area contributed by atoms with Crippen LogP contribution in [0.15, 0.2) is 24.3 Å². The number of tetrazole rings is 1. The number of rotatable bonds is 6. The van der Waals surface area contributed by atoms with Crippen molar-refractivity contribution in [3.63, 3.8) is 0 Å². The predicted molar refractivity (Wildman–Crippen MR) is 75.2 cm³/mol. The fourth-order valence-corrected chi connectivity index (χ4v) is 2.10. The molecule has 1 N–H and O–H groups in total. The summed E-state index contributed by atoms with van der Waals surface area (Å²) in [5.41, 5.74) is 2.31. The average molecular weight is 259 g/mol. The largest absolute Gasteiger partial charge is 0.307 e. The van der Waals surface area contributed by atoms with Crippen LogP contribution >= 0.6 is 0 Å². The number of benzene rings is 1. The monoisotopic (exact) mass is 259 g/mol. The first-order valence-electron chi connectivity index (χ1n) is 6.87. The van der Waals surface area contributed by atoms with Crippen molar-refractivity contribution in [1.82, 2.24) is 25.5 Å². The summed E-state index contributed by atoms with van der Waals surface area (Å²) in [6, 6.07) is 8.38. The molecule has 0 amide bonds. The van der Waals surface area contributed by atoms with Crippen LogP contribution in [0.3, 0.4) is 0 Å². The van der Waals surface area contributed by atoms with Crippen molar-refractivity contribution < 1.29 is 0 Å². The minimum absolute atomic E-state index is 0.139. The Kier molecular flexibility index (Phi) is 4.63. The van der Waals surface area contributed by atoms with Gasteiger partial charge in [0.05, 0.1) is 11.7 Å². The lowest BCUT2D eigenvalue weighted by Gasteiger charge is -2.14. The third-order valence-electron chi connectivity index (χ3n) is 3.18. The molecule has 1 aromatic heterocycles. The molecule has 2 aromatic rings. The Hall–Kier alpha value is -1.75. The van der Waals surface area contributed by atoms with Gasteiger partial charge < -0.3 is 5.32 Å². The molecule has 0 radical (unpaired) electrons. The van der Waals surface area contributed by atoms with E-state index in [0.29, 0.717) is 0 Å². The molecule has 5 nitrogen and oxygen atoms in total. The van der Waals surface area contributed by atoms with Gasteiger partial charge in [0.25, 0.3) is 0 Å². The van der Waals surface area contributed by atoms with E-state index in [1.165, 1.54) is 5.56 Å². The summed E-state index contributed by atoms with van der Waals surface area (Å²) in [6.07, 6.45) is 2.06. The minimum Gasteiger partial charge on any atom is -0.307 e. The van der Waals surface area contributed by atoms with Gasteiger partial charge in [0.1, 0.15) is 0 Å². The summed E-state index contributed by atoms with van der Waals surface area (Å²) < 4.78 is 1.84. The molecule has 1 unspecified atom stereocenters. The molecule has 0 spiro atoms. The normalized spacial score (nSPS) is 12.6. The Balaban J connectivity index is 2.33. The first-order valence-corrected chi connectivity index (χ1v) is 6.87. The van der Waals surface area contributed by atoms with E-state index in [0.717, 1.165) is 30.9 Å². The molecule has 0 saturated heterocycles. The molecule has 1 atom stereocenters. The Labute approximate surface area is 114 Å². The fourth-order valence-electron chi connectivity index (χ4n) is 2.10. The highest BCUT2D eigenvalue weighted by Gasteiger charge is 2.16. The zero-order valence-electron chi connectivity index (χ0n) is 11.8. The Bertz CT molecular complexity index is 520. The summed E-state index contributed by atoms with van der Waals surface area (Å²) in [7, 11) is 0. The van der Waals surface area contributed by atoms with Crippen LogP contribution in [0.1, 0.15) is 44.6 Å². The molecule has 0 aliphatic carbocycles. The lowest BCUT2D eigenvalue weighted by molar-refractivity contribution is 0.531. The standard InChI is InChI=1S/C14H21N5/c1-4-10-15-11(3)14-16-17-18-19(14)13-9-7-6-8-12(13)5-2/h6-9,11,15H,4-5,10H2,1-3H3. The third-order valence-corrected chi connectivity index (χ3v) is 3.18. The molecule has 1 aromatic carbocycles. The van der Waals surface area contributed by atoms with Gasteiger partial charge in [0.15, 0.2) is 5.82 Å². The van der Waals surface area contributed by atoms with Crippen LogP contribution in [0.25, 0.3) is 5.69 Å². The second-order valence-corrected chi connectivity index (χ2v) is 4.61. The van der Waals surface area contributed by atoms with Gasteiger partial charge in [-0.05, 0) is 48.4 Å². The molecule has 1 heterocycles. The molecule has 102 valence electrons. The van der Waals surface area contributed by atoms with E-state index in [1.54, 1.807) is 0 Å². The van der Waals surface area contributed by atoms with Gasteiger partial charge in [0.2, 0.25) is 0 Å². The second kappa shape index (κ2) is 6.43. The number of para-hydroxylation sites is 1. The number of hydrogen-bond acceptors (Lipinski definition) is 4. The van der Waals surface area contributed by atoms with Crippen molar-refractivity contribution in [1.29, 1.82) is 0 Å². The topological polar surface area (TPSA) is 55.6 Å². The van der Waals surface area contributed by atoms with E-state index in [1.807, 2.05) is 16.8 Å². The number of hydrogen-bond donors (Lipinski definition) is 1. The molecular formula is C14H21N5. The van der Waals surface area contributed by atoms with Crippen LogP contribution in [0.2, 0.25) is 0 Å². The van der Waals surface area contributed by atoms with Crippen LogP contribution in [0, 0.1) is 0 Å². The van der Waals surface area contributed by atoms with Gasteiger partial charge in [-0.1, -0.05) is 32.0 Å². The lowest BCUT2D eigenvalue weighted by Crippen LogP contribution is -2.23. The molecule has 0 aliphatic heterocycles. The highest BCUT2D eigenvalue weighted by molar-refractivity contribution is 5.40. The summed E-state index contributed by atoms with van der Waals surface area (Å²) >= 11 is 0. The number of aryl methyl sites for hydroxylation is 1. The summed E-state index contributed by atoms with van der Waals surface area (Å²) in [4.78, 5) is 0. The van der Waals surface area contributed by atoms with E-state index in [9.17, 15) is 0 Å². The van der Waals surface area contributed by atoms with Crippen molar-refractivity contribution in [3.8, 4) is 5.69 Å². The van der Waals surface area contributed by atoms with Crippen LogP contribution in [-0.4, -0.2) is 26.8 Å². The van der Waals surface area contributed by atoms with Crippen molar-refractivity contribution >= 4 is 0 Å². The van der Waals surface area contributed by atoms with E-state index < -0.39 is 0 Å². The van der Waals surface area contributed by atoms with Crippen LogP contribution in [0.5, 0.6) is 0 Å². The number of nitrogens with zero attached hydrogens (tertiary/aromatic N) is 4. The van der Waals surface area contributed by atoms with Crippen LogP contribution < -0.4 is 5.32 Å². The zero-order valence-corrected chi connectivity index (χ0v) is 11.8. The highest BCUT2D eigenvalue weighted by Crippen LogP contribution is 2.18. The molecule has 0 saturated carbocycles.